The molecular formula is C23H21NS. The Morgan fingerprint density at radius 3 is 2.28 bits per heavy atom. The van der Waals surface area contributed by atoms with E-state index in [1.807, 2.05) is 17.5 Å². The van der Waals surface area contributed by atoms with Crippen molar-refractivity contribution in [3.05, 3.63) is 77.0 Å². The lowest BCUT2D eigenvalue weighted by Gasteiger charge is -2.05. The van der Waals surface area contributed by atoms with Crippen LogP contribution in [0.2, 0.25) is 0 Å². The van der Waals surface area contributed by atoms with E-state index in [4.69, 9.17) is 4.98 Å². The van der Waals surface area contributed by atoms with Gasteiger partial charge in [-0.05, 0) is 68.0 Å². The molecule has 0 radical (unpaired) electrons. The van der Waals surface area contributed by atoms with Gasteiger partial charge in [-0.3, -0.25) is 4.98 Å². The minimum absolute atomic E-state index is 1.09. The number of aryl methyl sites for hydroxylation is 4. The highest BCUT2D eigenvalue weighted by Crippen LogP contribution is 2.42. The molecule has 4 rings (SSSR count). The molecular weight excluding hydrogens is 322 g/mol. The van der Waals surface area contributed by atoms with Crippen molar-refractivity contribution in [1.29, 1.82) is 0 Å². The molecule has 25 heavy (non-hydrogen) atoms. The van der Waals surface area contributed by atoms with E-state index >= 15 is 0 Å². The maximum absolute atomic E-state index is 4.74. The van der Waals surface area contributed by atoms with Gasteiger partial charge in [-0.2, -0.15) is 0 Å². The predicted molar refractivity (Wildman–Crippen MR) is 109 cm³/mol. The van der Waals surface area contributed by atoms with Gasteiger partial charge in [0, 0.05) is 16.6 Å². The first-order valence-electron chi connectivity index (χ1n) is 8.57. The topological polar surface area (TPSA) is 12.9 Å². The number of thiophene rings is 1. The molecule has 0 amide bonds. The second-order valence-electron chi connectivity index (χ2n) is 6.78. The molecule has 1 nitrogen and oxygen atoms in total. The van der Waals surface area contributed by atoms with E-state index in [9.17, 15) is 0 Å². The third-order valence-electron chi connectivity index (χ3n) is 4.74. The van der Waals surface area contributed by atoms with Gasteiger partial charge in [0.05, 0.1) is 10.4 Å². The first-order valence-corrected chi connectivity index (χ1v) is 9.39. The molecule has 0 unspecified atom stereocenters. The van der Waals surface area contributed by atoms with Crippen molar-refractivity contribution in [3.8, 4) is 21.7 Å². The van der Waals surface area contributed by atoms with Gasteiger partial charge in [-0.1, -0.05) is 41.5 Å². The number of nitrogens with zero attached hydrogens (tertiary/aromatic N) is 1. The average Bonchev–Trinajstić information content (AvgIpc) is 2.91. The Bertz CT molecular complexity index is 1070. The lowest BCUT2D eigenvalue weighted by Crippen LogP contribution is -1.86. The van der Waals surface area contributed by atoms with Gasteiger partial charge in [0.15, 0.2) is 0 Å². The Morgan fingerprint density at radius 2 is 1.56 bits per heavy atom. The van der Waals surface area contributed by atoms with Crippen molar-refractivity contribution in [2.24, 2.45) is 0 Å². The van der Waals surface area contributed by atoms with Gasteiger partial charge in [0.25, 0.3) is 0 Å². The summed E-state index contributed by atoms with van der Waals surface area (Å²) in [5, 5.41) is 1.31. The van der Waals surface area contributed by atoms with E-state index in [-0.39, 0.29) is 0 Å². The monoisotopic (exact) mass is 343 g/mol. The fraction of sp³-hybridized carbons (Fsp3) is 0.174. The van der Waals surface area contributed by atoms with E-state index in [0.29, 0.717) is 0 Å². The van der Waals surface area contributed by atoms with Crippen LogP contribution in [0.4, 0.5) is 0 Å². The van der Waals surface area contributed by atoms with E-state index in [1.54, 1.807) is 0 Å². The molecule has 0 spiro atoms. The standard InChI is InChI=1S/C23H21NS/c1-14-11-15(2)13-18(12-14)21-23-20(9-10-24-21)17(4)22(25-23)19-8-6-5-7-16(19)3/h5-13H,1-4H3. The number of benzene rings is 2. The summed E-state index contributed by atoms with van der Waals surface area (Å²) in [4.78, 5) is 6.09. The maximum atomic E-state index is 4.74. The summed E-state index contributed by atoms with van der Waals surface area (Å²) in [6.45, 7) is 8.71. The zero-order valence-corrected chi connectivity index (χ0v) is 15.9. The Kier molecular flexibility index (Phi) is 3.93. The highest BCUT2D eigenvalue weighted by atomic mass is 32.1. The third kappa shape index (κ3) is 2.77. The number of hydrogen-bond acceptors (Lipinski definition) is 2. The van der Waals surface area contributed by atoms with Gasteiger partial charge in [0.2, 0.25) is 0 Å². The first kappa shape index (κ1) is 16.0. The van der Waals surface area contributed by atoms with Crippen molar-refractivity contribution in [1.82, 2.24) is 4.98 Å². The van der Waals surface area contributed by atoms with Crippen LogP contribution in [0.3, 0.4) is 0 Å². The summed E-state index contributed by atoms with van der Waals surface area (Å²) >= 11 is 1.86. The van der Waals surface area contributed by atoms with Crippen molar-refractivity contribution in [2.45, 2.75) is 27.7 Å². The van der Waals surface area contributed by atoms with Crippen LogP contribution in [-0.2, 0) is 0 Å². The highest BCUT2D eigenvalue weighted by Gasteiger charge is 2.16. The molecule has 2 aromatic carbocycles. The Balaban J connectivity index is 2.00. The normalized spacial score (nSPS) is 11.2. The summed E-state index contributed by atoms with van der Waals surface area (Å²) in [6.07, 6.45) is 1.94. The zero-order chi connectivity index (χ0) is 17.6. The van der Waals surface area contributed by atoms with Crippen LogP contribution in [0, 0.1) is 27.7 Å². The van der Waals surface area contributed by atoms with Gasteiger partial charge in [-0.15, -0.1) is 11.3 Å². The Hall–Kier alpha value is -2.45. The number of hydrogen-bond donors (Lipinski definition) is 0. The van der Waals surface area contributed by atoms with Crippen LogP contribution < -0.4 is 0 Å². The maximum Gasteiger partial charge on any atom is 0.0880 e. The lowest BCUT2D eigenvalue weighted by atomic mass is 10.0. The summed E-state index contributed by atoms with van der Waals surface area (Å²) < 4.78 is 1.28. The minimum Gasteiger partial charge on any atom is -0.255 e. The molecule has 0 N–H and O–H groups in total. The van der Waals surface area contributed by atoms with Crippen molar-refractivity contribution >= 4 is 21.4 Å². The molecule has 0 saturated carbocycles. The first-order chi connectivity index (χ1) is 12.0. The van der Waals surface area contributed by atoms with Crippen LogP contribution >= 0.6 is 11.3 Å². The van der Waals surface area contributed by atoms with Crippen LogP contribution in [0.25, 0.3) is 31.8 Å². The second kappa shape index (κ2) is 6.12. The van der Waals surface area contributed by atoms with E-state index in [2.05, 4.69) is 76.2 Å². The van der Waals surface area contributed by atoms with Crippen LogP contribution in [0.1, 0.15) is 22.3 Å². The molecule has 0 aliphatic rings. The summed E-state index contributed by atoms with van der Waals surface area (Å²) in [7, 11) is 0. The molecule has 0 fully saturated rings. The number of fused-ring (bicyclic) bond motifs is 1. The second-order valence-corrected chi connectivity index (χ2v) is 7.80. The van der Waals surface area contributed by atoms with E-state index in [1.165, 1.54) is 48.3 Å². The quantitative estimate of drug-likeness (QED) is 0.387. The van der Waals surface area contributed by atoms with E-state index in [0.717, 1.165) is 5.69 Å². The van der Waals surface area contributed by atoms with Gasteiger partial charge < -0.3 is 0 Å². The average molecular weight is 343 g/mol. The molecule has 0 saturated heterocycles. The van der Waals surface area contributed by atoms with Crippen molar-refractivity contribution in [3.63, 3.8) is 0 Å². The van der Waals surface area contributed by atoms with Crippen molar-refractivity contribution < 1.29 is 0 Å². The molecule has 0 aliphatic heterocycles. The summed E-state index contributed by atoms with van der Waals surface area (Å²) in [5.74, 6) is 0. The Morgan fingerprint density at radius 1 is 0.840 bits per heavy atom. The number of pyridine rings is 1. The fourth-order valence-corrected chi connectivity index (χ4v) is 4.95. The molecule has 2 aromatic heterocycles. The molecule has 2 heteroatoms. The lowest BCUT2D eigenvalue weighted by molar-refractivity contribution is 1.33. The predicted octanol–water partition coefficient (Wildman–Crippen LogP) is 6.86. The van der Waals surface area contributed by atoms with Gasteiger partial charge >= 0.3 is 0 Å². The molecule has 124 valence electrons. The fourth-order valence-electron chi connectivity index (χ4n) is 3.55. The van der Waals surface area contributed by atoms with E-state index < -0.39 is 0 Å². The largest absolute Gasteiger partial charge is 0.255 e. The minimum atomic E-state index is 1.09. The summed E-state index contributed by atoms with van der Waals surface area (Å²) in [5.41, 5.74) is 8.85. The summed E-state index contributed by atoms with van der Waals surface area (Å²) in [6, 6.07) is 17.4. The number of rotatable bonds is 2. The smallest absolute Gasteiger partial charge is 0.0880 e. The zero-order valence-electron chi connectivity index (χ0n) is 15.1. The highest BCUT2D eigenvalue weighted by molar-refractivity contribution is 7.23. The van der Waals surface area contributed by atoms with Crippen LogP contribution in [-0.4, -0.2) is 4.98 Å². The molecule has 2 heterocycles. The van der Waals surface area contributed by atoms with Gasteiger partial charge in [0.1, 0.15) is 0 Å². The molecule has 0 atom stereocenters. The third-order valence-corrected chi connectivity index (χ3v) is 6.09. The molecule has 0 aliphatic carbocycles. The van der Waals surface area contributed by atoms with Crippen LogP contribution in [0.5, 0.6) is 0 Å². The van der Waals surface area contributed by atoms with Crippen molar-refractivity contribution in [2.75, 3.05) is 0 Å². The Labute approximate surface area is 153 Å². The number of aromatic nitrogens is 1. The van der Waals surface area contributed by atoms with Gasteiger partial charge in [-0.25, -0.2) is 0 Å². The van der Waals surface area contributed by atoms with Crippen LogP contribution in [0.15, 0.2) is 54.7 Å². The SMILES string of the molecule is Cc1cc(C)cc(-c2nccc3c(C)c(-c4ccccc4C)sc23)c1. The molecule has 4 aromatic rings. The molecule has 0 bridgehead atoms.